The number of nitrogens with zero attached hydrogens (tertiary/aromatic N) is 3. The molecule has 1 amide bonds. The van der Waals surface area contributed by atoms with Gasteiger partial charge in [-0.2, -0.15) is 0 Å². The zero-order valence-corrected chi connectivity index (χ0v) is 18.2. The van der Waals surface area contributed by atoms with Crippen molar-refractivity contribution in [1.29, 1.82) is 0 Å². The molecular formula is C24H23N3O3S. The molecular weight excluding hydrogens is 410 g/mol. The summed E-state index contributed by atoms with van der Waals surface area (Å²) in [6, 6.07) is 26.4. The van der Waals surface area contributed by atoms with Gasteiger partial charge in [-0.1, -0.05) is 72.8 Å². The van der Waals surface area contributed by atoms with E-state index in [-0.39, 0.29) is 23.7 Å². The average Bonchev–Trinajstić information content (AvgIpc) is 3.14. The zero-order valence-electron chi connectivity index (χ0n) is 17.3. The van der Waals surface area contributed by atoms with Gasteiger partial charge in [0, 0.05) is 13.3 Å². The Labute approximate surface area is 181 Å². The highest BCUT2D eigenvalue weighted by molar-refractivity contribution is 7.90. The topological polar surface area (TPSA) is 72.3 Å². The fourth-order valence-electron chi connectivity index (χ4n) is 3.79. The second kappa shape index (κ2) is 8.35. The van der Waals surface area contributed by atoms with Crippen LogP contribution in [0.2, 0.25) is 0 Å². The molecule has 0 atom stereocenters. The Balaban J connectivity index is 1.74. The summed E-state index contributed by atoms with van der Waals surface area (Å²) in [5.41, 5.74) is 3.11. The third kappa shape index (κ3) is 4.22. The van der Waals surface area contributed by atoms with E-state index in [2.05, 4.69) is 4.98 Å². The fraction of sp³-hybridized carbons (Fsp3) is 0.167. The van der Waals surface area contributed by atoms with Crippen LogP contribution >= 0.6 is 0 Å². The molecule has 0 unspecified atom stereocenters. The molecule has 4 rings (SSSR count). The standard InChI is InChI=1S/C24H23N3O3S/c1-26(23(18-11-5-3-6-12-18)19-13-7-4-8-14-19)22(28)17-27-21-16-10-9-15-20(21)25-24(27)31(2,29)30/h3-16,23H,17H2,1-2H3. The Bertz CT molecular complexity index is 1280. The van der Waals surface area contributed by atoms with Crippen molar-refractivity contribution < 1.29 is 13.2 Å². The maximum absolute atomic E-state index is 13.4. The van der Waals surface area contributed by atoms with Gasteiger partial charge in [-0.25, -0.2) is 13.4 Å². The van der Waals surface area contributed by atoms with E-state index in [1.165, 1.54) is 4.57 Å². The van der Waals surface area contributed by atoms with Gasteiger partial charge in [-0.15, -0.1) is 0 Å². The van der Waals surface area contributed by atoms with Gasteiger partial charge in [0.2, 0.25) is 20.9 Å². The van der Waals surface area contributed by atoms with Crippen LogP contribution in [-0.2, 0) is 21.2 Å². The highest BCUT2D eigenvalue weighted by Crippen LogP contribution is 2.28. The number of hydrogen-bond donors (Lipinski definition) is 0. The Kier molecular flexibility index (Phi) is 5.61. The molecule has 1 aromatic heterocycles. The molecule has 0 fully saturated rings. The minimum absolute atomic E-state index is 0.105. The van der Waals surface area contributed by atoms with Crippen LogP contribution in [0.1, 0.15) is 17.2 Å². The second-order valence-electron chi connectivity index (χ2n) is 7.47. The minimum Gasteiger partial charge on any atom is -0.333 e. The minimum atomic E-state index is -3.61. The molecule has 6 nitrogen and oxygen atoms in total. The number of hydrogen-bond acceptors (Lipinski definition) is 4. The van der Waals surface area contributed by atoms with Gasteiger partial charge in [0.05, 0.1) is 17.1 Å². The van der Waals surface area contributed by atoms with Crippen LogP contribution in [0.25, 0.3) is 11.0 Å². The lowest BCUT2D eigenvalue weighted by molar-refractivity contribution is -0.132. The number of benzene rings is 3. The van der Waals surface area contributed by atoms with E-state index >= 15 is 0 Å². The smallest absolute Gasteiger partial charge is 0.243 e. The Morgan fingerprint density at radius 2 is 1.42 bits per heavy atom. The number of carbonyl (C=O) groups excluding carboxylic acids is 1. The lowest BCUT2D eigenvalue weighted by atomic mass is 9.97. The van der Waals surface area contributed by atoms with E-state index in [1.54, 1.807) is 36.2 Å². The van der Waals surface area contributed by atoms with Crippen molar-refractivity contribution in [3.05, 3.63) is 96.1 Å². The first-order valence-electron chi connectivity index (χ1n) is 9.87. The Hall–Kier alpha value is -3.45. The first-order valence-corrected chi connectivity index (χ1v) is 11.8. The van der Waals surface area contributed by atoms with Gasteiger partial charge in [0.15, 0.2) is 0 Å². The van der Waals surface area contributed by atoms with Crippen LogP contribution in [0.4, 0.5) is 0 Å². The molecule has 4 aromatic rings. The van der Waals surface area contributed by atoms with E-state index < -0.39 is 9.84 Å². The molecule has 0 saturated heterocycles. The van der Waals surface area contributed by atoms with Crippen LogP contribution in [0.15, 0.2) is 90.1 Å². The summed E-state index contributed by atoms with van der Waals surface area (Å²) in [5, 5.41) is -0.105. The number of imidazole rings is 1. The fourth-order valence-corrected chi connectivity index (χ4v) is 4.62. The lowest BCUT2D eigenvalue weighted by Gasteiger charge is -2.29. The third-order valence-corrected chi connectivity index (χ3v) is 6.23. The quantitative estimate of drug-likeness (QED) is 0.465. The van der Waals surface area contributed by atoms with Crippen molar-refractivity contribution in [2.75, 3.05) is 13.3 Å². The number of fused-ring (bicyclic) bond motifs is 1. The molecule has 0 aliphatic heterocycles. The number of para-hydroxylation sites is 2. The molecule has 0 bridgehead atoms. The van der Waals surface area contributed by atoms with Crippen LogP contribution in [-0.4, -0.2) is 42.1 Å². The van der Waals surface area contributed by atoms with Crippen molar-refractivity contribution in [2.24, 2.45) is 0 Å². The maximum atomic E-state index is 13.4. The van der Waals surface area contributed by atoms with E-state index in [0.29, 0.717) is 11.0 Å². The summed E-state index contributed by atoms with van der Waals surface area (Å²) in [7, 11) is -1.87. The first kappa shape index (κ1) is 20.8. The molecule has 31 heavy (non-hydrogen) atoms. The molecule has 0 saturated carbocycles. The summed E-state index contributed by atoms with van der Waals surface area (Å²) in [6.07, 6.45) is 1.11. The van der Waals surface area contributed by atoms with Gasteiger partial charge < -0.3 is 9.47 Å². The molecule has 0 spiro atoms. The van der Waals surface area contributed by atoms with Crippen LogP contribution in [0.3, 0.4) is 0 Å². The third-order valence-electron chi connectivity index (χ3n) is 5.26. The molecule has 0 aliphatic rings. The van der Waals surface area contributed by atoms with E-state index in [4.69, 9.17) is 0 Å². The molecule has 0 N–H and O–H groups in total. The van der Waals surface area contributed by atoms with Crippen LogP contribution in [0.5, 0.6) is 0 Å². The van der Waals surface area contributed by atoms with E-state index in [9.17, 15) is 13.2 Å². The van der Waals surface area contributed by atoms with Crippen molar-refractivity contribution in [3.8, 4) is 0 Å². The van der Waals surface area contributed by atoms with E-state index in [0.717, 1.165) is 17.4 Å². The van der Waals surface area contributed by atoms with Gasteiger partial charge in [-0.3, -0.25) is 4.79 Å². The first-order chi connectivity index (χ1) is 14.9. The molecule has 158 valence electrons. The lowest BCUT2D eigenvalue weighted by Crippen LogP contribution is -2.35. The van der Waals surface area contributed by atoms with E-state index in [1.807, 2.05) is 60.7 Å². The number of carbonyl (C=O) groups is 1. The molecule has 0 radical (unpaired) electrons. The van der Waals surface area contributed by atoms with Crippen LogP contribution in [0, 0.1) is 0 Å². The van der Waals surface area contributed by atoms with Crippen molar-refractivity contribution in [2.45, 2.75) is 17.7 Å². The average molecular weight is 434 g/mol. The van der Waals surface area contributed by atoms with Gasteiger partial charge in [-0.05, 0) is 23.3 Å². The number of sulfone groups is 1. The summed E-state index contributed by atoms with van der Waals surface area (Å²) in [5.74, 6) is -0.217. The highest BCUT2D eigenvalue weighted by Gasteiger charge is 2.26. The Morgan fingerprint density at radius 3 is 1.97 bits per heavy atom. The number of amides is 1. The molecule has 0 aliphatic carbocycles. The highest BCUT2D eigenvalue weighted by atomic mass is 32.2. The van der Waals surface area contributed by atoms with Gasteiger partial charge in [0.1, 0.15) is 6.54 Å². The van der Waals surface area contributed by atoms with Crippen LogP contribution < -0.4 is 0 Å². The number of likely N-dealkylation sites (N-methyl/N-ethyl adjacent to an activating group) is 1. The molecule has 1 heterocycles. The summed E-state index contributed by atoms with van der Waals surface area (Å²) in [4.78, 5) is 19.3. The molecule has 7 heteroatoms. The summed E-state index contributed by atoms with van der Waals surface area (Å²) >= 11 is 0. The maximum Gasteiger partial charge on any atom is 0.243 e. The predicted molar refractivity (Wildman–Crippen MR) is 120 cm³/mol. The van der Waals surface area contributed by atoms with Gasteiger partial charge in [0.25, 0.3) is 0 Å². The van der Waals surface area contributed by atoms with Crippen molar-refractivity contribution in [3.63, 3.8) is 0 Å². The number of rotatable bonds is 6. The molecule has 3 aromatic carbocycles. The van der Waals surface area contributed by atoms with Crippen molar-refractivity contribution in [1.82, 2.24) is 14.5 Å². The normalized spacial score (nSPS) is 11.7. The SMILES string of the molecule is CN(C(=O)Cn1c(S(C)(=O)=O)nc2ccccc21)C(c1ccccc1)c1ccccc1. The summed E-state index contributed by atoms with van der Waals surface area (Å²) in [6.45, 7) is -0.129. The second-order valence-corrected chi connectivity index (χ2v) is 9.38. The zero-order chi connectivity index (χ0) is 22.0. The van der Waals surface area contributed by atoms with Crippen molar-refractivity contribution >= 4 is 26.8 Å². The number of aromatic nitrogens is 2. The largest absolute Gasteiger partial charge is 0.333 e. The summed E-state index contributed by atoms with van der Waals surface area (Å²) < 4.78 is 26.2. The monoisotopic (exact) mass is 433 g/mol. The Morgan fingerprint density at radius 1 is 0.903 bits per heavy atom. The predicted octanol–water partition coefficient (Wildman–Crippen LogP) is 3.69. The van der Waals surface area contributed by atoms with Gasteiger partial charge >= 0.3 is 0 Å².